The molecule has 2 unspecified atom stereocenters. The lowest BCUT2D eigenvalue weighted by Gasteiger charge is -2.21. The van der Waals surface area contributed by atoms with Crippen LogP contribution in [0.4, 0.5) is 5.69 Å². The van der Waals surface area contributed by atoms with Crippen LogP contribution < -0.4 is 5.32 Å². The Morgan fingerprint density at radius 3 is 3.04 bits per heavy atom. The Morgan fingerprint density at radius 2 is 2.30 bits per heavy atom. The Kier molecular flexibility index (Phi) is 7.56. The minimum atomic E-state index is 0.346. The lowest BCUT2D eigenvalue weighted by Crippen LogP contribution is -2.21. The molecule has 0 radical (unpaired) electrons. The molecule has 1 aromatic rings. The van der Waals surface area contributed by atoms with Gasteiger partial charge in [-0.3, -0.25) is 4.99 Å². The van der Waals surface area contributed by atoms with Gasteiger partial charge < -0.3 is 15.2 Å². The fourth-order valence-electron chi connectivity index (χ4n) is 2.90. The first kappa shape index (κ1) is 18.0. The zero-order chi connectivity index (χ0) is 16.5. The van der Waals surface area contributed by atoms with E-state index in [9.17, 15) is 5.11 Å². The van der Waals surface area contributed by atoms with Crippen LogP contribution in [0.5, 0.6) is 5.75 Å². The monoisotopic (exact) mass is 318 g/mol. The molecule has 1 aliphatic heterocycles. The van der Waals surface area contributed by atoms with Crippen molar-refractivity contribution in [2.45, 2.75) is 64.0 Å². The molecule has 0 bridgehead atoms. The van der Waals surface area contributed by atoms with E-state index in [0.717, 1.165) is 43.5 Å². The van der Waals surface area contributed by atoms with Crippen molar-refractivity contribution in [3.63, 3.8) is 0 Å². The van der Waals surface area contributed by atoms with E-state index in [2.05, 4.69) is 17.2 Å². The Balaban J connectivity index is 1.90. The van der Waals surface area contributed by atoms with Gasteiger partial charge in [0.15, 0.2) is 0 Å². The van der Waals surface area contributed by atoms with Crippen LogP contribution in [-0.4, -0.2) is 37.1 Å². The number of phenolic OH excluding ortho intramolecular Hbond substituents is 1. The molecule has 2 N–H and O–H groups in total. The smallest absolute Gasteiger partial charge is 0.120 e. The third-order valence-corrected chi connectivity index (χ3v) is 4.57. The van der Waals surface area contributed by atoms with Crippen molar-refractivity contribution < 1.29 is 9.84 Å². The molecule has 0 spiro atoms. The van der Waals surface area contributed by atoms with E-state index in [0.29, 0.717) is 17.9 Å². The molecule has 1 heterocycles. The molecule has 4 heteroatoms. The number of aromatic hydroxyl groups is 1. The fourth-order valence-corrected chi connectivity index (χ4v) is 2.90. The van der Waals surface area contributed by atoms with Gasteiger partial charge in [0.1, 0.15) is 5.75 Å². The Hall–Kier alpha value is -1.39. The third kappa shape index (κ3) is 5.96. The second-order valence-corrected chi connectivity index (χ2v) is 6.38. The van der Waals surface area contributed by atoms with Gasteiger partial charge in [-0.15, -0.1) is 0 Å². The first-order valence-electron chi connectivity index (χ1n) is 8.83. The van der Waals surface area contributed by atoms with E-state index in [1.807, 2.05) is 25.4 Å². The Labute approximate surface area is 140 Å². The fraction of sp³-hybridized carbons (Fsp3) is 0.632. The molecule has 128 valence electrons. The van der Waals surface area contributed by atoms with Gasteiger partial charge in [0.05, 0.1) is 11.8 Å². The summed E-state index contributed by atoms with van der Waals surface area (Å²) in [6.07, 6.45) is 9.78. The van der Waals surface area contributed by atoms with E-state index in [1.165, 1.54) is 19.3 Å². The number of hydrogen-bond donors (Lipinski definition) is 2. The first-order chi connectivity index (χ1) is 11.2. The number of rotatable bonds is 8. The van der Waals surface area contributed by atoms with Crippen molar-refractivity contribution in [3.05, 3.63) is 23.8 Å². The van der Waals surface area contributed by atoms with Crippen LogP contribution in [0.2, 0.25) is 0 Å². The number of aliphatic imine (C=N–C) groups is 1. The number of benzene rings is 1. The highest BCUT2D eigenvalue weighted by atomic mass is 16.5. The molecule has 23 heavy (non-hydrogen) atoms. The zero-order valence-corrected chi connectivity index (χ0v) is 14.4. The van der Waals surface area contributed by atoms with E-state index < -0.39 is 0 Å². The third-order valence-electron chi connectivity index (χ3n) is 4.57. The summed E-state index contributed by atoms with van der Waals surface area (Å²) < 4.78 is 5.74. The summed E-state index contributed by atoms with van der Waals surface area (Å²) in [6.45, 7) is 3.05. The van der Waals surface area contributed by atoms with Gasteiger partial charge in [-0.1, -0.05) is 6.07 Å². The van der Waals surface area contributed by atoms with Crippen LogP contribution in [0.15, 0.2) is 23.2 Å². The molecule has 0 aromatic heterocycles. The summed E-state index contributed by atoms with van der Waals surface area (Å²) in [7, 11) is 1.96. The van der Waals surface area contributed by atoms with Gasteiger partial charge in [-0.25, -0.2) is 0 Å². The van der Waals surface area contributed by atoms with E-state index in [-0.39, 0.29) is 0 Å². The first-order valence-corrected chi connectivity index (χ1v) is 8.83. The molecule has 2 rings (SSSR count). The molecule has 2 atom stereocenters. The van der Waals surface area contributed by atoms with Gasteiger partial charge in [0.2, 0.25) is 0 Å². The molecule has 1 fully saturated rings. The van der Waals surface area contributed by atoms with Crippen molar-refractivity contribution in [2.24, 2.45) is 4.99 Å². The molecule has 0 saturated carbocycles. The second-order valence-electron chi connectivity index (χ2n) is 6.38. The number of hydrogen-bond acceptors (Lipinski definition) is 4. The maximum absolute atomic E-state index is 10.1. The molecule has 0 aliphatic carbocycles. The van der Waals surface area contributed by atoms with Gasteiger partial charge in [-0.2, -0.15) is 0 Å². The highest BCUT2D eigenvalue weighted by Crippen LogP contribution is 2.29. The standard InChI is InChI=1S/C19H30N2O2/c1-15(20-2)11-12-17-18(9-5-10-19(17)22)21-13-6-8-16-7-3-4-14-23-16/h5,9-10,13,15-16,20,22H,3-4,6-8,11-12,14H2,1-2H3/b21-13+. The van der Waals surface area contributed by atoms with Crippen LogP contribution in [0.3, 0.4) is 0 Å². The van der Waals surface area contributed by atoms with Gasteiger partial charge >= 0.3 is 0 Å². The number of phenols is 1. The Morgan fingerprint density at radius 1 is 1.43 bits per heavy atom. The minimum absolute atomic E-state index is 0.346. The van der Waals surface area contributed by atoms with Gasteiger partial charge in [-0.05, 0) is 71.0 Å². The Bertz CT molecular complexity index is 496. The summed E-state index contributed by atoms with van der Waals surface area (Å²) >= 11 is 0. The molecule has 1 aromatic carbocycles. The van der Waals surface area contributed by atoms with Crippen LogP contribution in [0.25, 0.3) is 0 Å². The second kappa shape index (κ2) is 9.68. The maximum atomic E-state index is 10.1. The van der Waals surface area contributed by atoms with Crippen molar-refractivity contribution in [1.29, 1.82) is 0 Å². The van der Waals surface area contributed by atoms with Crippen molar-refractivity contribution >= 4 is 11.9 Å². The lowest BCUT2D eigenvalue weighted by atomic mass is 10.0. The molecule has 1 aliphatic rings. The number of nitrogens with one attached hydrogen (secondary N) is 1. The topological polar surface area (TPSA) is 53.8 Å². The molecular formula is C19H30N2O2. The SMILES string of the molecule is CNC(C)CCc1c(O)cccc1/N=C/CCC1CCCCO1. The molecule has 4 nitrogen and oxygen atoms in total. The van der Waals surface area contributed by atoms with Crippen molar-refractivity contribution in [2.75, 3.05) is 13.7 Å². The zero-order valence-electron chi connectivity index (χ0n) is 14.4. The van der Waals surface area contributed by atoms with Crippen molar-refractivity contribution in [1.82, 2.24) is 5.32 Å². The summed E-state index contributed by atoms with van der Waals surface area (Å²) in [6, 6.07) is 6.01. The van der Waals surface area contributed by atoms with E-state index in [1.54, 1.807) is 6.07 Å². The maximum Gasteiger partial charge on any atom is 0.120 e. The summed E-state index contributed by atoms with van der Waals surface area (Å²) in [5.74, 6) is 0.346. The lowest BCUT2D eigenvalue weighted by molar-refractivity contribution is 0.0127. The highest BCUT2D eigenvalue weighted by molar-refractivity contribution is 5.66. The predicted molar refractivity (Wildman–Crippen MR) is 95.9 cm³/mol. The summed E-state index contributed by atoms with van der Waals surface area (Å²) in [4.78, 5) is 4.59. The average Bonchev–Trinajstić information content (AvgIpc) is 2.58. The quantitative estimate of drug-likeness (QED) is 0.713. The van der Waals surface area contributed by atoms with E-state index in [4.69, 9.17) is 4.74 Å². The van der Waals surface area contributed by atoms with Crippen LogP contribution in [0, 0.1) is 0 Å². The van der Waals surface area contributed by atoms with Gasteiger partial charge in [0, 0.05) is 24.4 Å². The van der Waals surface area contributed by atoms with E-state index >= 15 is 0 Å². The van der Waals surface area contributed by atoms with Gasteiger partial charge in [0.25, 0.3) is 0 Å². The number of ether oxygens (including phenoxy) is 1. The molecule has 0 amide bonds. The van der Waals surface area contributed by atoms with Crippen molar-refractivity contribution in [3.8, 4) is 5.75 Å². The van der Waals surface area contributed by atoms with Crippen LogP contribution in [-0.2, 0) is 11.2 Å². The summed E-state index contributed by atoms with van der Waals surface area (Å²) in [5, 5.41) is 13.4. The normalized spacial score (nSPS) is 20.0. The summed E-state index contributed by atoms with van der Waals surface area (Å²) in [5.41, 5.74) is 1.83. The largest absolute Gasteiger partial charge is 0.508 e. The molecule has 1 saturated heterocycles. The van der Waals surface area contributed by atoms with Crippen LogP contribution >= 0.6 is 0 Å². The molecular weight excluding hydrogens is 288 g/mol. The average molecular weight is 318 g/mol. The highest BCUT2D eigenvalue weighted by Gasteiger charge is 2.12. The number of nitrogens with zero attached hydrogens (tertiary/aromatic N) is 1. The van der Waals surface area contributed by atoms with Crippen LogP contribution in [0.1, 0.15) is 51.0 Å². The predicted octanol–water partition coefficient (Wildman–Crippen LogP) is 3.98. The minimum Gasteiger partial charge on any atom is -0.508 e.